The van der Waals surface area contributed by atoms with Crippen LogP contribution in [-0.2, 0) is 21.1 Å². The predicted molar refractivity (Wildman–Crippen MR) is 185 cm³/mol. The van der Waals surface area contributed by atoms with Crippen LogP contribution < -0.4 is 76.7 Å². The quantitative estimate of drug-likeness (QED) is 0.155. The van der Waals surface area contributed by atoms with Crippen molar-refractivity contribution in [2.45, 2.75) is 0 Å². The number of hydrogen-bond acceptors (Lipinski definition) is 15. The van der Waals surface area contributed by atoms with Gasteiger partial charge in [-0.1, -0.05) is 46.4 Å². The minimum Gasteiger partial charge on any atom is -0.857 e. The van der Waals surface area contributed by atoms with Crippen LogP contribution in [0.3, 0.4) is 0 Å². The van der Waals surface area contributed by atoms with Gasteiger partial charge in [-0.3, -0.25) is 24.0 Å². The molecule has 0 aliphatic rings. The van der Waals surface area contributed by atoms with Gasteiger partial charge < -0.3 is 24.4 Å². The average Bonchev–Trinajstić information content (AvgIpc) is 3.12. The van der Waals surface area contributed by atoms with E-state index in [4.69, 9.17) is 70.8 Å². The molecule has 0 saturated heterocycles. The topological polar surface area (TPSA) is 267 Å². The van der Waals surface area contributed by atoms with Crippen LogP contribution in [-0.4, -0.2) is 83.3 Å². The standard InChI is InChI=1S/C6H7ClN2O2.C6H8N2O2.C5H5ClN2O2.C5H6N2O2.C4H2Cl2N2O.CH3O.Na/c1-9-6(10)5(7)4(11-2)3-8-9;1-8-6(9)3-5(10-2)4-7-8;1-10-3-2-7-8-5(9)4(3)6;1-7-5(9)2-4(8)3-6-7;5-2-1-7-8-4(9)3(2)6;1-2;/h3H,1-2H3;3-4H,1-2H3;2H,1H3,(H,8,9);2-3,8H,1H3;1H,(H,8,9);1H3;/q;;;;;-1;+1. The molecule has 5 aromatic heterocycles. The number of aromatic hydroxyl groups is 1. The number of aromatic amines is 2. The number of ether oxygens (including phenoxy) is 3. The van der Waals surface area contributed by atoms with Gasteiger partial charge in [-0.15, -0.1) is 0 Å². The van der Waals surface area contributed by atoms with Crippen LogP contribution >= 0.6 is 46.4 Å². The van der Waals surface area contributed by atoms with Crippen LogP contribution in [0.1, 0.15) is 0 Å². The molecule has 3 N–H and O–H groups in total. The Morgan fingerprint density at radius 3 is 1.52 bits per heavy atom. The van der Waals surface area contributed by atoms with E-state index in [-0.39, 0.29) is 77.8 Å². The maximum Gasteiger partial charge on any atom is 1.00 e. The normalized spacial score (nSPS) is 9.08. The summed E-state index contributed by atoms with van der Waals surface area (Å²) >= 11 is 21.8. The Balaban J connectivity index is 0. The van der Waals surface area contributed by atoms with Gasteiger partial charge in [0.1, 0.15) is 16.5 Å². The van der Waals surface area contributed by atoms with Gasteiger partial charge in [0.2, 0.25) is 0 Å². The van der Waals surface area contributed by atoms with E-state index in [1.807, 2.05) is 0 Å². The van der Waals surface area contributed by atoms with Crippen molar-refractivity contribution in [3.8, 4) is 23.0 Å². The summed E-state index contributed by atoms with van der Waals surface area (Å²) < 4.78 is 17.8. The second kappa shape index (κ2) is 26.5. The molecule has 52 heavy (non-hydrogen) atoms. The van der Waals surface area contributed by atoms with E-state index in [0.29, 0.717) is 11.5 Å². The SMILES string of the molecule is COc1cn[nH]c(=O)c1Cl.COc1cnn(C)c(=O)c1.COc1cnn(C)c(=O)c1Cl.C[O-].Cn1ncc(O)cc1=O.O=c1[nH]ncc(Cl)c1Cl.[Na+]. The molecule has 5 aromatic rings. The fraction of sp³-hybridized carbons (Fsp3) is 0.259. The average molecular weight is 820 g/mol. The molecule has 0 saturated carbocycles. The fourth-order valence-electron chi connectivity index (χ4n) is 2.53. The first-order valence-electron chi connectivity index (χ1n) is 13.2. The first-order chi connectivity index (χ1) is 24.1. The van der Waals surface area contributed by atoms with E-state index in [1.165, 1.54) is 77.2 Å². The number of halogens is 4. The number of methoxy groups -OCH3 is 3. The number of nitrogens with one attached hydrogen (secondary N) is 2. The summed E-state index contributed by atoms with van der Waals surface area (Å²) in [6.45, 7) is 0. The maximum atomic E-state index is 11.0. The molecule has 5 rings (SSSR count). The van der Waals surface area contributed by atoms with Crippen LogP contribution in [0.2, 0.25) is 20.1 Å². The molecule has 0 atom stereocenters. The zero-order valence-corrected chi connectivity index (χ0v) is 33.8. The number of aromatic nitrogens is 10. The summed E-state index contributed by atoms with van der Waals surface area (Å²) in [5.74, 6) is 0.974. The summed E-state index contributed by atoms with van der Waals surface area (Å²) in [5.41, 5.74) is -1.74. The molecule has 5 heterocycles. The minimum absolute atomic E-state index is 0. The van der Waals surface area contributed by atoms with Gasteiger partial charge in [-0.25, -0.2) is 24.2 Å². The van der Waals surface area contributed by atoms with Crippen LogP contribution in [0.15, 0.2) is 67.1 Å². The van der Waals surface area contributed by atoms with Crippen LogP contribution in [0.25, 0.3) is 0 Å². The molecule has 0 fully saturated rings. The van der Waals surface area contributed by atoms with Gasteiger partial charge in [0, 0.05) is 33.3 Å². The number of aryl methyl sites for hydroxylation is 3. The Labute approximate surface area is 335 Å². The minimum atomic E-state index is -0.468. The molecule has 0 radical (unpaired) electrons. The fourth-order valence-corrected chi connectivity index (χ4v) is 3.18. The predicted octanol–water partition coefficient (Wildman–Crippen LogP) is -2.79. The molecular weight excluding hydrogens is 789 g/mol. The molecule has 25 heteroatoms. The molecule has 0 unspecified atom stereocenters. The molecular formula is C27H31Cl4N10NaO10. The van der Waals surface area contributed by atoms with Gasteiger partial charge in [-0.2, -0.15) is 32.6 Å². The monoisotopic (exact) mass is 818 g/mol. The van der Waals surface area contributed by atoms with Gasteiger partial charge in [0.15, 0.2) is 21.5 Å². The molecule has 20 nitrogen and oxygen atoms in total. The number of nitrogens with zero attached hydrogens (tertiary/aromatic N) is 8. The summed E-state index contributed by atoms with van der Waals surface area (Å²) in [5, 5.41) is 39.2. The van der Waals surface area contributed by atoms with E-state index in [0.717, 1.165) is 22.5 Å². The van der Waals surface area contributed by atoms with Crippen LogP contribution in [0.4, 0.5) is 0 Å². The van der Waals surface area contributed by atoms with Gasteiger partial charge in [0.05, 0.1) is 57.3 Å². The van der Waals surface area contributed by atoms with Crippen LogP contribution in [0.5, 0.6) is 23.0 Å². The molecule has 0 aromatic carbocycles. The smallest absolute Gasteiger partial charge is 0.857 e. The third kappa shape index (κ3) is 17.3. The largest absolute Gasteiger partial charge is 1.00 e. The maximum absolute atomic E-state index is 11.0. The Hall–Kier alpha value is -4.28. The zero-order chi connectivity index (χ0) is 39.3. The summed E-state index contributed by atoms with van der Waals surface area (Å²) in [6, 6.07) is 2.49. The summed E-state index contributed by atoms with van der Waals surface area (Å²) in [4.78, 5) is 53.6. The third-order valence-corrected chi connectivity index (χ3v) is 6.60. The van der Waals surface area contributed by atoms with Gasteiger partial charge in [0.25, 0.3) is 27.8 Å². The molecule has 0 bridgehead atoms. The molecule has 0 spiro atoms. The first-order valence-corrected chi connectivity index (χ1v) is 14.7. The number of H-pyrrole nitrogens is 2. The Bertz CT molecular complexity index is 2120. The summed E-state index contributed by atoms with van der Waals surface area (Å²) in [6.07, 6.45) is 6.70. The Morgan fingerprint density at radius 1 is 0.635 bits per heavy atom. The summed E-state index contributed by atoms with van der Waals surface area (Å²) in [7, 11) is 9.72. The van der Waals surface area contributed by atoms with E-state index in [1.54, 1.807) is 7.05 Å². The molecule has 0 aliphatic heterocycles. The second-order valence-electron chi connectivity index (χ2n) is 8.43. The van der Waals surface area contributed by atoms with E-state index < -0.39 is 11.1 Å². The van der Waals surface area contributed by atoms with Crippen molar-refractivity contribution in [3.63, 3.8) is 0 Å². The molecule has 0 amide bonds. The Morgan fingerprint density at radius 2 is 1.10 bits per heavy atom. The van der Waals surface area contributed by atoms with Crippen LogP contribution in [0, 0.1) is 0 Å². The third-order valence-electron chi connectivity index (χ3n) is 5.13. The van der Waals surface area contributed by atoms with E-state index >= 15 is 0 Å². The van der Waals surface area contributed by atoms with Crippen molar-refractivity contribution in [1.29, 1.82) is 0 Å². The number of rotatable bonds is 3. The van der Waals surface area contributed by atoms with Crippen molar-refractivity contribution in [1.82, 2.24) is 49.7 Å². The second-order valence-corrected chi connectivity index (χ2v) is 9.97. The first kappa shape index (κ1) is 49.8. The van der Waals surface area contributed by atoms with Crippen molar-refractivity contribution >= 4 is 46.4 Å². The van der Waals surface area contributed by atoms with Gasteiger partial charge >= 0.3 is 29.6 Å². The molecule has 0 aliphatic carbocycles. The van der Waals surface area contributed by atoms with Crippen molar-refractivity contribution in [2.75, 3.05) is 28.4 Å². The van der Waals surface area contributed by atoms with E-state index in [9.17, 15) is 24.0 Å². The zero-order valence-electron chi connectivity index (χ0n) is 28.8. The van der Waals surface area contributed by atoms with Crippen molar-refractivity contribution < 1.29 is 54.0 Å². The Kier molecular flexibility index (Phi) is 25.4. The number of hydrogen-bond donors (Lipinski definition) is 3. The van der Waals surface area contributed by atoms with E-state index in [2.05, 4.69) is 35.7 Å². The van der Waals surface area contributed by atoms with Gasteiger partial charge in [-0.05, 0) is 0 Å². The molecule has 278 valence electrons. The van der Waals surface area contributed by atoms with Crippen molar-refractivity contribution in [3.05, 3.63) is 115 Å². The van der Waals surface area contributed by atoms with Crippen molar-refractivity contribution in [2.24, 2.45) is 21.1 Å².